The highest BCUT2D eigenvalue weighted by Crippen LogP contribution is 2.66. The Bertz CT molecular complexity index is 2080. The summed E-state index contributed by atoms with van der Waals surface area (Å²) in [7, 11) is -3.36. The van der Waals surface area contributed by atoms with Crippen LogP contribution in [-0.4, -0.2) is 59.9 Å². The van der Waals surface area contributed by atoms with Crippen LogP contribution in [0.2, 0.25) is 0 Å². The van der Waals surface area contributed by atoms with Crippen molar-refractivity contribution in [1.29, 1.82) is 10.5 Å². The van der Waals surface area contributed by atoms with Crippen LogP contribution in [0.15, 0.2) is 24.8 Å². The van der Waals surface area contributed by atoms with Gasteiger partial charge in [0.25, 0.3) is 0 Å². The summed E-state index contributed by atoms with van der Waals surface area (Å²) in [6.45, 7) is 8.88. The lowest BCUT2D eigenvalue weighted by molar-refractivity contribution is -0.0935. The van der Waals surface area contributed by atoms with Crippen LogP contribution in [0.1, 0.15) is 162 Å². The SMILES string of the molecule is C.C[C@@]1(O)CC[C@H]2[C@H](CC[C@@H]3[C@@H]2CC[C@@]2(C)[C@H]3CC[C@@H]2S(=O)(=O)Cn2cc(C#N)cn2)C1.C[C@@]1(O)CC[C@H]2[C@H](CC[C@@H]3[C@@H]2CC[C@]2(C)[C@@H](SCn4cc(C#N)cn4)CC[C@@H]32)C1. The van der Waals surface area contributed by atoms with Gasteiger partial charge in [-0.3, -0.25) is 9.36 Å². The average molecular weight is 875 g/mol. The summed E-state index contributed by atoms with van der Waals surface area (Å²) in [6.07, 6.45) is 27.3. The molecule has 10 nitrogen and oxygen atoms in total. The van der Waals surface area contributed by atoms with Crippen LogP contribution >= 0.6 is 11.8 Å². The van der Waals surface area contributed by atoms with Gasteiger partial charge >= 0.3 is 0 Å². The first-order valence-electron chi connectivity index (χ1n) is 23.7. The van der Waals surface area contributed by atoms with Gasteiger partial charge < -0.3 is 10.2 Å². The van der Waals surface area contributed by atoms with Crippen LogP contribution in [-0.2, 0) is 21.6 Å². The van der Waals surface area contributed by atoms with E-state index in [0.29, 0.717) is 51.4 Å². The van der Waals surface area contributed by atoms with E-state index in [2.05, 4.69) is 48.8 Å². The van der Waals surface area contributed by atoms with Gasteiger partial charge in [0.1, 0.15) is 18.0 Å². The number of nitriles is 2. The first-order valence-corrected chi connectivity index (χ1v) is 26.4. The van der Waals surface area contributed by atoms with Crippen LogP contribution < -0.4 is 0 Å². The Hall–Kier alpha value is -2.38. The molecular weight excluding hydrogens is 801 g/mol. The van der Waals surface area contributed by atoms with Crippen molar-refractivity contribution < 1.29 is 18.6 Å². The van der Waals surface area contributed by atoms with Crippen molar-refractivity contribution in [3.05, 3.63) is 35.9 Å². The highest BCUT2D eigenvalue weighted by Gasteiger charge is 2.61. The zero-order valence-electron chi connectivity index (χ0n) is 36.6. The van der Waals surface area contributed by atoms with Gasteiger partial charge in [-0.05, 0) is 199 Å². The zero-order chi connectivity index (χ0) is 42.2. The maximum atomic E-state index is 13.4. The molecule has 2 N–H and O–H groups in total. The Morgan fingerprint density at radius 3 is 1.70 bits per heavy atom. The molecule has 8 fully saturated rings. The second kappa shape index (κ2) is 16.9. The molecule has 0 bridgehead atoms. The predicted octanol–water partition coefficient (Wildman–Crippen LogP) is 9.75. The third kappa shape index (κ3) is 8.41. The summed E-state index contributed by atoms with van der Waals surface area (Å²) >= 11 is 2.07. The zero-order valence-corrected chi connectivity index (χ0v) is 38.2. The summed E-state index contributed by atoms with van der Waals surface area (Å²) in [6, 6.07) is 4.20. The fourth-order valence-electron chi connectivity index (χ4n) is 16.4. The molecule has 0 amide bonds. The lowest BCUT2D eigenvalue weighted by atomic mass is 9.50. The van der Waals surface area contributed by atoms with Crippen LogP contribution in [0.3, 0.4) is 0 Å². The molecule has 0 aromatic carbocycles. The molecule has 336 valence electrons. The highest BCUT2D eigenvalue weighted by molar-refractivity contribution is 7.99. The number of rotatable bonds is 6. The first-order chi connectivity index (χ1) is 28.5. The molecule has 8 saturated carbocycles. The second-order valence-electron chi connectivity index (χ2n) is 22.4. The average Bonchev–Trinajstić information content (AvgIpc) is 4.01. The standard InChI is InChI=1S/C24H35N3O3S.C24H35N3OS.CH4/c1-23(28)9-7-18-17(11-23)3-4-20-19(18)8-10-24(2)21(20)5-6-22(24)31(29,30)15-27-14-16(12-25)13-26-27;1-23(28)9-7-18-17(11-23)3-4-20-19(18)8-10-24(2)21(20)5-6-22(24)29-15-27-14-16(12-25)13-26-27;/h13-14,17-22,28H,3-11,15H2,1-2H3;13-14,17-22,28H,3-11,15H2,1-2H3;1H4/t2*17-,18+,19-,20-,21+,22+,23-,24+;/m11./s1. The Labute approximate surface area is 370 Å². The maximum Gasteiger partial charge on any atom is 0.173 e. The van der Waals surface area contributed by atoms with Crippen LogP contribution in [0.5, 0.6) is 0 Å². The minimum absolute atomic E-state index is 0. The van der Waals surface area contributed by atoms with Crippen molar-refractivity contribution in [3.8, 4) is 12.1 Å². The summed E-state index contributed by atoms with van der Waals surface area (Å²) in [5, 5.41) is 48.0. The van der Waals surface area contributed by atoms with Gasteiger partial charge in [0.05, 0.1) is 45.8 Å². The number of fused-ring (bicyclic) bond motifs is 10. The van der Waals surface area contributed by atoms with Gasteiger partial charge in [-0.15, -0.1) is 11.8 Å². The highest BCUT2D eigenvalue weighted by atomic mass is 32.2. The van der Waals surface area contributed by atoms with Gasteiger partial charge in [-0.25, -0.2) is 8.42 Å². The van der Waals surface area contributed by atoms with Gasteiger partial charge in [0.15, 0.2) is 9.84 Å². The molecule has 16 atom stereocenters. The molecule has 0 unspecified atom stereocenters. The Morgan fingerprint density at radius 1 is 0.656 bits per heavy atom. The van der Waals surface area contributed by atoms with Crippen molar-refractivity contribution in [3.63, 3.8) is 0 Å². The maximum absolute atomic E-state index is 13.4. The van der Waals surface area contributed by atoms with Crippen LogP contribution in [0, 0.1) is 92.7 Å². The fourth-order valence-corrected chi connectivity index (χ4v) is 20.1. The Morgan fingerprint density at radius 2 is 1.15 bits per heavy atom. The molecule has 8 aliphatic carbocycles. The molecule has 61 heavy (non-hydrogen) atoms. The van der Waals surface area contributed by atoms with E-state index in [0.717, 1.165) is 93.3 Å². The van der Waals surface area contributed by atoms with Crippen molar-refractivity contribution in [2.45, 2.75) is 184 Å². The number of sulfone groups is 1. The summed E-state index contributed by atoms with van der Waals surface area (Å²) in [5.74, 6) is 8.28. The van der Waals surface area contributed by atoms with E-state index in [1.54, 1.807) is 6.20 Å². The van der Waals surface area contributed by atoms with Gasteiger partial charge in [-0.1, -0.05) is 21.3 Å². The lowest BCUT2D eigenvalue weighted by Gasteiger charge is -2.57. The smallest absolute Gasteiger partial charge is 0.173 e. The van der Waals surface area contributed by atoms with Crippen molar-refractivity contribution in [2.24, 2.45) is 70.0 Å². The number of nitrogens with zero attached hydrogens (tertiary/aromatic N) is 6. The van der Waals surface area contributed by atoms with E-state index in [-0.39, 0.29) is 24.0 Å². The third-order valence-electron chi connectivity index (χ3n) is 19.0. The lowest BCUT2D eigenvalue weighted by Crippen LogP contribution is -2.52. The molecule has 2 aromatic heterocycles. The summed E-state index contributed by atoms with van der Waals surface area (Å²) < 4.78 is 30.2. The molecule has 0 aliphatic heterocycles. The second-order valence-corrected chi connectivity index (χ2v) is 25.7. The van der Waals surface area contributed by atoms with Crippen molar-refractivity contribution >= 4 is 21.6 Å². The molecule has 10 rings (SSSR count). The number of aromatic nitrogens is 4. The molecular formula is C49H74N6O4S2. The van der Waals surface area contributed by atoms with E-state index in [1.807, 2.05) is 23.9 Å². The number of thioether (sulfide) groups is 1. The van der Waals surface area contributed by atoms with Gasteiger partial charge in [0, 0.05) is 17.6 Å². The van der Waals surface area contributed by atoms with E-state index in [1.165, 1.54) is 74.9 Å². The topological polar surface area (TPSA) is 158 Å². The molecule has 8 aliphatic rings. The molecule has 0 radical (unpaired) electrons. The quantitative estimate of drug-likeness (QED) is 0.288. The first kappa shape index (κ1) is 45.2. The van der Waals surface area contributed by atoms with E-state index in [4.69, 9.17) is 10.5 Å². The normalized spacial score (nSPS) is 44.8. The van der Waals surface area contributed by atoms with E-state index in [9.17, 15) is 18.6 Å². The summed E-state index contributed by atoms with van der Waals surface area (Å²) in [4.78, 5) is 0. The molecule has 0 spiro atoms. The monoisotopic (exact) mass is 875 g/mol. The number of aliphatic hydroxyl groups is 2. The van der Waals surface area contributed by atoms with E-state index < -0.39 is 21.0 Å². The van der Waals surface area contributed by atoms with E-state index >= 15 is 0 Å². The molecule has 12 heteroatoms. The minimum Gasteiger partial charge on any atom is -0.390 e. The van der Waals surface area contributed by atoms with Crippen molar-refractivity contribution in [1.82, 2.24) is 19.6 Å². The Balaban J connectivity index is 0.000000166. The van der Waals surface area contributed by atoms with Crippen LogP contribution in [0.4, 0.5) is 0 Å². The molecule has 0 saturated heterocycles. The summed E-state index contributed by atoms with van der Waals surface area (Å²) in [5.41, 5.74) is 0.452. The minimum atomic E-state index is -3.36. The fraction of sp³-hybridized carbons (Fsp3) is 0.837. The third-order valence-corrected chi connectivity index (χ3v) is 22.8. The number of hydrogen-bond acceptors (Lipinski definition) is 9. The largest absolute Gasteiger partial charge is 0.390 e. The molecule has 2 aromatic rings. The van der Waals surface area contributed by atoms with Crippen LogP contribution in [0.25, 0.3) is 0 Å². The molecule has 2 heterocycles. The van der Waals surface area contributed by atoms with Gasteiger partial charge in [-0.2, -0.15) is 20.7 Å². The van der Waals surface area contributed by atoms with Gasteiger partial charge in [0.2, 0.25) is 0 Å². The Kier molecular flexibility index (Phi) is 12.5. The van der Waals surface area contributed by atoms with Crippen molar-refractivity contribution in [2.75, 3.05) is 0 Å². The number of hydrogen-bond donors (Lipinski definition) is 2. The predicted molar refractivity (Wildman–Crippen MR) is 240 cm³/mol.